The second-order valence-electron chi connectivity index (χ2n) is 4.75. The maximum atomic E-state index is 12.2. The Hall–Kier alpha value is -3.08. The van der Waals surface area contributed by atoms with E-state index in [1.807, 2.05) is 24.3 Å². The Bertz CT molecular complexity index is 720. The Morgan fingerprint density at radius 3 is 2.48 bits per heavy atom. The second kappa shape index (κ2) is 7.79. The van der Waals surface area contributed by atoms with Gasteiger partial charge in [0.1, 0.15) is 11.5 Å². The summed E-state index contributed by atoms with van der Waals surface area (Å²) >= 11 is 0. The number of rotatable bonds is 7. The van der Waals surface area contributed by atoms with Gasteiger partial charge in [-0.2, -0.15) is 0 Å². The van der Waals surface area contributed by atoms with Crippen LogP contribution in [0.3, 0.4) is 0 Å². The number of hydrogen-bond donors (Lipinski definition) is 1. The standard InChI is InChI=1S/C18H17NO4/c1-22-15-8-5-13(6-9-15)7-10-17(20)14-3-2-4-16(11-14)23-12-18(19)21/h2-11H,12H2,1H3,(H2,19,21)/b10-7+. The molecule has 0 aliphatic carbocycles. The molecule has 0 unspecified atom stereocenters. The minimum atomic E-state index is -0.568. The highest BCUT2D eigenvalue weighted by molar-refractivity contribution is 6.07. The lowest BCUT2D eigenvalue weighted by Gasteiger charge is -2.04. The number of methoxy groups -OCH3 is 1. The van der Waals surface area contributed by atoms with Crippen molar-refractivity contribution < 1.29 is 19.1 Å². The fourth-order valence-corrected chi connectivity index (χ4v) is 1.88. The van der Waals surface area contributed by atoms with Gasteiger partial charge >= 0.3 is 0 Å². The van der Waals surface area contributed by atoms with Gasteiger partial charge in [-0.1, -0.05) is 30.3 Å². The molecule has 2 aromatic rings. The van der Waals surface area contributed by atoms with Crippen molar-refractivity contribution in [3.05, 3.63) is 65.7 Å². The number of hydrogen-bond acceptors (Lipinski definition) is 4. The van der Waals surface area contributed by atoms with Crippen molar-refractivity contribution in [1.82, 2.24) is 0 Å². The molecule has 0 atom stereocenters. The molecule has 5 heteroatoms. The van der Waals surface area contributed by atoms with Crippen LogP contribution in [0, 0.1) is 0 Å². The van der Waals surface area contributed by atoms with Crippen LogP contribution in [0.1, 0.15) is 15.9 Å². The molecular formula is C18H17NO4. The van der Waals surface area contributed by atoms with E-state index in [1.165, 1.54) is 6.08 Å². The molecule has 2 N–H and O–H groups in total. The van der Waals surface area contributed by atoms with Crippen molar-refractivity contribution in [2.24, 2.45) is 5.73 Å². The summed E-state index contributed by atoms with van der Waals surface area (Å²) in [5.74, 6) is 0.451. The maximum Gasteiger partial charge on any atom is 0.255 e. The lowest BCUT2D eigenvalue weighted by atomic mass is 10.1. The van der Waals surface area contributed by atoms with Crippen LogP contribution in [0.25, 0.3) is 6.08 Å². The lowest BCUT2D eigenvalue weighted by molar-refractivity contribution is -0.119. The van der Waals surface area contributed by atoms with Crippen LogP contribution in [-0.4, -0.2) is 25.4 Å². The number of carbonyl (C=O) groups excluding carboxylic acids is 2. The van der Waals surface area contributed by atoms with Crippen LogP contribution >= 0.6 is 0 Å². The van der Waals surface area contributed by atoms with E-state index in [0.717, 1.165) is 11.3 Å². The van der Waals surface area contributed by atoms with E-state index >= 15 is 0 Å². The van der Waals surface area contributed by atoms with Gasteiger partial charge in [0.05, 0.1) is 7.11 Å². The number of ether oxygens (including phenoxy) is 2. The molecule has 2 rings (SSSR count). The van der Waals surface area contributed by atoms with Crippen molar-refractivity contribution in [3.63, 3.8) is 0 Å². The van der Waals surface area contributed by atoms with Crippen molar-refractivity contribution in [2.75, 3.05) is 13.7 Å². The van der Waals surface area contributed by atoms with Gasteiger partial charge < -0.3 is 15.2 Å². The number of carbonyl (C=O) groups is 2. The zero-order chi connectivity index (χ0) is 16.7. The normalized spacial score (nSPS) is 10.5. The first-order valence-electron chi connectivity index (χ1n) is 6.96. The Kier molecular flexibility index (Phi) is 5.52. The van der Waals surface area contributed by atoms with Crippen LogP contribution in [0.15, 0.2) is 54.6 Å². The Labute approximate surface area is 134 Å². The van der Waals surface area contributed by atoms with Gasteiger partial charge in [-0.05, 0) is 35.9 Å². The molecule has 0 aliphatic rings. The number of amides is 1. The number of allylic oxidation sites excluding steroid dienone is 1. The molecule has 2 aromatic carbocycles. The van der Waals surface area contributed by atoms with E-state index in [-0.39, 0.29) is 12.4 Å². The molecule has 0 aliphatic heterocycles. The molecule has 118 valence electrons. The number of nitrogens with two attached hydrogens (primary N) is 1. The van der Waals surface area contributed by atoms with Crippen LogP contribution in [0.5, 0.6) is 11.5 Å². The Balaban J connectivity index is 2.05. The van der Waals surface area contributed by atoms with E-state index in [2.05, 4.69) is 0 Å². The summed E-state index contributed by atoms with van der Waals surface area (Å²) in [6.07, 6.45) is 3.20. The molecule has 0 saturated carbocycles. The van der Waals surface area contributed by atoms with Gasteiger partial charge in [0.25, 0.3) is 5.91 Å². The van der Waals surface area contributed by atoms with Crippen LogP contribution < -0.4 is 15.2 Å². The molecule has 0 spiro atoms. The largest absolute Gasteiger partial charge is 0.497 e. The third-order valence-corrected chi connectivity index (χ3v) is 3.04. The molecule has 0 heterocycles. The van der Waals surface area contributed by atoms with E-state index in [1.54, 1.807) is 37.5 Å². The number of benzene rings is 2. The van der Waals surface area contributed by atoms with E-state index in [0.29, 0.717) is 11.3 Å². The number of ketones is 1. The molecule has 23 heavy (non-hydrogen) atoms. The average Bonchev–Trinajstić information content (AvgIpc) is 2.58. The van der Waals surface area contributed by atoms with Crippen LogP contribution in [0.4, 0.5) is 0 Å². The van der Waals surface area contributed by atoms with Crippen molar-refractivity contribution in [2.45, 2.75) is 0 Å². The van der Waals surface area contributed by atoms with Crippen LogP contribution in [-0.2, 0) is 4.79 Å². The first kappa shape index (κ1) is 16.3. The minimum Gasteiger partial charge on any atom is -0.497 e. The summed E-state index contributed by atoms with van der Waals surface area (Å²) in [7, 11) is 1.60. The zero-order valence-corrected chi connectivity index (χ0v) is 12.7. The lowest BCUT2D eigenvalue weighted by Crippen LogP contribution is -2.20. The molecule has 5 nitrogen and oxygen atoms in total. The third-order valence-electron chi connectivity index (χ3n) is 3.04. The highest BCUT2D eigenvalue weighted by Crippen LogP contribution is 2.16. The topological polar surface area (TPSA) is 78.6 Å². The molecular weight excluding hydrogens is 294 g/mol. The van der Waals surface area contributed by atoms with Gasteiger partial charge in [0, 0.05) is 5.56 Å². The van der Waals surface area contributed by atoms with E-state index in [9.17, 15) is 9.59 Å². The SMILES string of the molecule is COc1ccc(/C=C/C(=O)c2cccc(OCC(N)=O)c2)cc1. The van der Waals surface area contributed by atoms with E-state index < -0.39 is 5.91 Å². The van der Waals surface area contributed by atoms with Crippen LogP contribution in [0.2, 0.25) is 0 Å². The summed E-state index contributed by atoms with van der Waals surface area (Å²) in [4.78, 5) is 22.9. The minimum absolute atomic E-state index is 0.162. The predicted molar refractivity (Wildman–Crippen MR) is 87.5 cm³/mol. The number of primary amides is 1. The summed E-state index contributed by atoms with van der Waals surface area (Å²) < 4.78 is 10.3. The second-order valence-corrected chi connectivity index (χ2v) is 4.75. The van der Waals surface area contributed by atoms with Gasteiger partial charge in [0.15, 0.2) is 12.4 Å². The monoisotopic (exact) mass is 311 g/mol. The van der Waals surface area contributed by atoms with Gasteiger partial charge in [0.2, 0.25) is 0 Å². The highest BCUT2D eigenvalue weighted by atomic mass is 16.5. The first-order valence-corrected chi connectivity index (χ1v) is 6.96. The van der Waals surface area contributed by atoms with E-state index in [4.69, 9.17) is 15.2 Å². The van der Waals surface area contributed by atoms with Crippen molar-refractivity contribution >= 4 is 17.8 Å². The van der Waals surface area contributed by atoms with Gasteiger partial charge in [-0.3, -0.25) is 9.59 Å². The summed E-state index contributed by atoms with van der Waals surface area (Å²) in [5.41, 5.74) is 6.38. The third kappa shape index (κ3) is 5.00. The van der Waals surface area contributed by atoms with Crippen molar-refractivity contribution in [1.29, 1.82) is 0 Å². The van der Waals surface area contributed by atoms with Gasteiger partial charge in [-0.25, -0.2) is 0 Å². The Morgan fingerprint density at radius 1 is 1.09 bits per heavy atom. The first-order chi connectivity index (χ1) is 11.1. The molecule has 0 aromatic heterocycles. The predicted octanol–water partition coefficient (Wildman–Crippen LogP) is 2.46. The molecule has 0 bridgehead atoms. The summed E-state index contributed by atoms with van der Waals surface area (Å²) in [6.45, 7) is -0.223. The fourth-order valence-electron chi connectivity index (χ4n) is 1.88. The molecule has 1 amide bonds. The summed E-state index contributed by atoms with van der Waals surface area (Å²) in [6, 6.07) is 14.0. The smallest absolute Gasteiger partial charge is 0.255 e. The summed E-state index contributed by atoms with van der Waals surface area (Å²) in [5, 5.41) is 0. The Morgan fingerprint density at radius 2 is 1.83 bits per heavy atom. The zero-order valence-electron chi connectivity index (χ0n) is 12.7. The van der Waals surface area contributed by atoms with Crippen molar-refractivity contribution in [3.8, 4) is 11.5 Å². The fraction of sp³-hybridized carbons (Fsp3) is 0.111. The highest BCUT2D eigenvalue weighted by Gasteiger charge is 2.04. The molecule has 0 radical (unpaired) electrons. The maximum absolute atomic E-state index is 12.2. The van der Waals surface area contributed by atoms with Gasteiger partial charge in [-0.15, -0.1) is 0 Å². The molecule has 0 fully saturated rings. The quantitative estimate of drug-likeness (QED) is 0.629. The average molecular weight is 311 g/mol. The molecule has 0 saturated heterocycles.